The highest BCUT2D eigenvalue weighted by Crippen LogP contribution is 2.25. The zero-order valence-corrected chi connectivity index (χ0v) is 12.8. The number of halogens is 1. The highest BCUT2D eigenvalue weighted by Gasteiger charge is 2.19. The van der Waals surface area contributed by atoms with Gasteiger partial charge >= 0.3 is 0 Å². The van der Waals surface area contributed by atoms with Crippen LogP contribution in [0.25, 0.3) is 0 Å². The Morgan fingerprint density at radius 2 is 1.95 bits per heavy atom. The molecule has 2 aromatic carbocycles. The molecule has 0 aliphatic carbocycles. The summed E-state index contributed by atoms with van der Waals surface area (Å²) in [4.78, 5) is -0.00771. The van der Waals surface area contributed by atoms with Gasteiger partial charge in [-0.25, -0.2) is 13.1 Å². The maximum Gasteiger partial charge on any atom is 0.241 e. The second-order valence-electron chi connectivity index (χ2n) is 4.62. The van der Waals surface area contributed by atoms with Crippen molar-refractivity contribution in [1.29, 1.82) is 0 Å². The van der Waals surface area contributed by atoms with E-state index in [0.717, 1.165) is 5.56 Å². The molecule has 7 heteroatoms. The fourth-order valence-corrected chi connectivity index (χ4v) is 3.31. The summed E-state index contributed by atoms with van der Waals surface area (Å²) in [6.07, 6.45) is 0. The summed E-state index contributed by atoms with van der Waals surface area (Å²) in [6, 6.07) is 10.2. The van der Waals surface area contributed by atoms with Gasteiger partial charge in [-0.2, -0.15) is 0 Å². The molecule has 0 aromatic heterocycles. The molecule has 21 heavy (non-hydrogen) atoms. The monoisotopic (exact) mass is 326 g/mol. The first-order chi connectivity index (χ1) is 9.79. The van der Waals surface area contributed by atoms with E-state index < -0.39 is 16.1 Å². The highest BCUT2D eigenvalue weighted by atomic mass is 35.5. The first-order valence-corrected chi connectivity index (χ1v) is 8.02. The Morgan fingerprint density at radius 3 is 2.57 bits per heavy atom. The molecular weight excluding hydrogens is 312 g/mol. The number of phenolic OH excluding ortho intramolecular Hbond substituents is 1. The summed E-state index contributed by atoms with van der Waals surface area (Å²) in [6.45, 7) is 1.72. The van der Waals surface area contributed by atoms with Crippen molar-refractivity contribution in [2.24, 2.45) is 0 Å². The van der Waals surface area contributed by atoms with Crippen molar-refractivity contribution in [2.75, 3.05) is 5.73 Å². The molecule has 1 atom stereocenters. The summed E-state index contributed by atoms with van der Waals surface area (Å²) >= 11 is 5.89. The molecule has 0 saturated heterocycles. The molecule has 0 radical (unpaired) electrons. The van der Waals surface area contributed by atoms with E-state index in [0.29, 0.717) is 5.02 Å². The Bertz CT molecular complexity index is 763. The van der Waals surface area contributed by atoms with Crippen LogP contribution in [0.15, 0.2) is 47.4 Å². The van der Waals surface area contributed by atoms with E-state index >= 15 is 0 Å². The van der Waals surface area contributed by atoms with Crippen LogP contribution in [-0.2, 0) is 10.0 Å². The molecule has 0 heterocycles. The summed E-state index contributed by atoms with van der Waals surface area (Å²) in [7, 11) is -3.74. The van der Waals surface area contributed by atoms with Crippen molar-refractivity contribution < 1.29 is 13.5 Å². The minimum Gasteiger partial charge on any atom is -0.506 e. The van der Waals surface area contributed by atoms with E-state index in [1.54, 1.807) is 31.2 Å². The Kier molecular flexibility index (Phi) is 4.41. The van der Waals surface area contributed by atoms with Gasteiger partial charge in [0, 0.05) is 11.1 Å². The van der Waals surface area contributed by atoms with Gasteiger partial charge in [0.2, 0.25) is 10.0 Å². The summed E-state index contributed by atoms with van der Waals surface area (Å²) < 4.78 is 27.1. The van der Waals surface area contributed by atoms with Gasteiger partial charge in [-0.1, -0.05) is 23.7 Å². The van der Waals surface area contributed by atoms with Crippen molar-refractivity contribution in [3.8, 4) is 5.75 Å². The number of anilines is 1. The van der Waals surface area contributed by atoms with Gasteiger partial charge in [0.05, 0.1) is 10.6 Å². The SMILES string of the molecule is CC(NS(=O)(=O)c1ccc(O)c(N)c1)c1cccc(Cl)c1. The van der Waals surface area contributed by atoms with Gasteiger partial charge in [-0.15, -0.1) is 0 Å². The molecule has 5 nitrogen and oxygen atoms in total. The number of benzene rings is 2. The number of nitrogens with one attached hydrogen (secondary N) is 1. The van der Waals surface area contributed by atoms with Crippen LogP contribution in [0.4, 0.5) is 5.69 Å². The zero-order valence-electron chi connectivity index (χ0n) is 11.2. The van der Waals surface area contributed by atoms with Crippen LogP contribution >= 0.6 is 11.6 Å². The molecule has 0 fully saturated rings. The van der Waals surface area contributed by atoms with E-state index in [1.807, 2.05) is 0 Å². The first kappa shape index (κ1) is 15.6. The number of rotatable bonds is 4. The smallest absolute Gasteiger partial charge is 0.241 e. The third-order valence-electron chi connectivity index (χ3n) is 2.99. The lowest BCUT2D eigenvalue weighted by Gasteiger charge is -2.15. The topological polar surface area (TPSA) is 92.4 Å². The van der Waals surface area contributed by atoms with E-state index in [-0.39, 0.29) is 16.3 Å². The fourth-order valence-electron chi connectivity index (χ4n) is 1.84. The third-order valence-corrected chi connectivity index (χ3v) is 4.76. The molecule has 0 aliphatic rings. The number of hydrogen-bond acceptors (Lipinski definition) is 4. The van der Waals surface area contributed by atoms with Gasteiger partial charge in [-0.3, -0.25) is 0 Å². The molecule has 2 rings (SSSR count). The molecule has 2 aromatic rings. The Hall–Kier alpha value is -1.76. The number of sulfonamides is 1. The van der Waals surface area contributed by atoms with Gasteiger partial charge in [0.25, 0.3) is 0 Å². The van der Waals surface area contributed by atoms with Crippen molar-refractivity contribution in [1.82, 2.24) is 4.72 Å². The lowest BCUT2D eigenvalue weighted by Crippen LogP contribution is -2.27. The van der Waals surface area contributed by atoms with E-state index in [2.05, 4.69) is 4.72 Å². The Labute approximate surface area is 128 Å². The predicted molar refractivity (Wildman–Crippen MR) is 82.7 cm³/mol. The van der Waals surface area contributed by atoms with Gasteiger partial charge in [0.1, 0.15) is 5.75 Å². The molecule has 4 N–H and O–H groups in total. The van der Waals surface area contributed by atoms with Crippen molar-refractivity contribution in [3.63, 3.8) is 0 Å². The molecule has 112 valence electrons. The normalized spacial score (nSPS) is 13.0. The first-order valence-electron chi connectivity index (χ1n) is 6.16. The summed E-state index contributed by atoms with van der Waals surface area (Å²) in [5.74, 6) is -0.156. The number of nitrogen functional groups attached to an aromatic ring is 1. The third kappa shape index (κ3) is 3.66. The quantitative estimate of drug-likeness (QED) is 0.595. The summed E-state index contributed by atoms with van der Waals surface area (Å²) in [5, 5.41) is 9.88. The van der Waals surface area contributed by atoms with Crippen LogP contribution in [0.3, 0.4) is 0 Å². The van der Waals surface area contributed by atoms with Crippen LogP contribution in [0, 0.1) is 0 Å². The van der Waals surface area contributed by atoms with Gasteiger partial charge in [-0.05, 0) is 42.8 Å². The Morgan fingerprint density at radius 1 is 1.24 bits per heavy atom. The molecule has 1 unspecified atom stereocenters. The fraction of sp³-hybridized carbons (Fsp3) is 0.143. The molecule has 0 bridgehead atoms. The standard InChI is InChI=1S/C14H15ClN2O3S/c1-9(10-3-2-4-11(15)7-10)17-21(19,20)12-5-6-14(18)13(16)8-12/h2-9,17-18H,16H2,1H3. The van der Waals surface area contributed by atoms with Crippen molar-refractivity contribution in [3.05, 3.63) is 53.1 Å². The lowest BCUT2D eigenvalue weighted by atomic mass is 10.1. The minimum absolute atomic E-state index is 0.00767. The average molecular weight is 327 g/mol. The molecular formula is C14H15ClN2O3S. The van der Waals surface area contributed by atoms with Crippen LogP contribution in [0.2, 0.25) is 5.02 Å². The molecule has 0 saturated carbocycles. The van der Waals surface area contributed by atoms with Crippen molar-refractivity contribution >= 4 is 27.3 Å². The summed E-state index contributed by atoms with van der Waals surface area (Å²) in [5.41, 5.74) is 6.28. The van der Waals surface area contributed by atoms with Gasteiger partial charge < -0.3 is 10.8 Å². The molecule has 0 spiro atoms. The zero-order chi connectivity index (χ0) is 15.6. The second-order valence-corrected chi connectivity index (χ2v) is 6.77. The van der Waals surface area contributed by atoms with Crippen LogP contribution in [0.5, 0.6) is 5.75 Å². The van der Waals surface area contributed by atoms with Crippen molar-refractivity contribution in [2.45, 2.75) is 17.9 Å². The number of nitrogens with two attached hydrogens (primary N) is 1. The largest absolute Gasteiger partial charge is 0.506 e. The van der Waals surface area contributed by atoms with Crippen LogP contribution in [-0.4, -0.2) is 13.5 Å². The van der Waals surface area contributed by atoms with Crippen LogP contribution in [0.1, 0.15) is 18.5 Å². The van der Waals surface area contributed by atoms with Crippen LogP contribution < -0.4 is 10.5 Å². The maximum atomic E-state index is 12.3. The number of hydrogen-bond donors (Lipinski definition) is 3. The second kappa shape index (κ2) is 5.93. The number of phenols is 1. The molecule has 0 aliphatic heterocycles. The van der Waals surface area contributed by atoms with E-state index in [1.165, 1.54) is 18.2 Å². The maximum absolute atomic E-state index is 12.3. The minimum atomic E-state index is -3.74. The van der Waals surface area contributed by atoms with E-state index in [9.17, 15) is 13.5 Å². The predicted octanol–water partition coefficient (Wildman–Crippen LogP) is 2.67. The lowest BCUT2D eigenvalue weighted by molar-refractivity contribution is 0.477. The average Bonchev–Trinajstić information content (AvgIpc) is 2.41. The Balaban J connectivity index is 2.26. The molecule has 0 amide bonds. The highest BCUT2D eigenvalue weighted by molar-refractivity contribution is 7.89. The number of aromatic hydroxyl groups is 1. The van der Waals surface area contributed by atoms with Gasteiger partial charge in [0.15, 0.2) is 0 Å². The van der Waals surface area contributed by atoms with E-state index in [4.69, 9.17) is 17.3 Å².